The van der Waals surface area contributed by atoms with Gasteiger partial charge in [0.25, 0.3) is 0 Å². The van der Waals surface area contributed by atoms with Gasteiger partial charge in [0.2, 0.25) is 5.91 Å². The van der Waals surface area contributed by atoms with Gasteiger partial charge in [-0.25, -0.2) is 9.97 Å². The first-order chi connectivity index (χ1) is 14.3. The highest BCUT2D eigenvalue weighted by Gasteiger charge is 2.73. The van der Waals surface area contributed by atoms with Gasteiger partial charge in [-0.15, -0.1) is 0 Å². The normalized spacial score (nSPS) is 29.1. The van der Waals surface area contributed by atoms with E-state index in [4.69, 9.17) is 4.74 Å². The number of fused-ring (bicyclic) bond motifs is 5. The van der Waals surface area contributed by atoms with E-state index in [9.17, 15) is 15.3 Å². The Morgan fingerprint density at radius 3 is 2.37 bits per heavy atom. The minimum atomic E-state index is -0.831. The summed E-state index contributed by atoms with van der Waals surface area (Å²) in [4.78, 5) is 25.0. The lowest BCUT2D eigenvalue weighted by molar-refractivity contribution is -0.130. The Balaban J connectivity index is 1.59. The summed E-state index contributed by atoms with van der Waals surface area (Å²) in [5.41, 5.74) is -0.273. The molecule has 4 rings (SSSR count). The van der Waals surface area contributed by atoms with Crippen molar-refractivity contribution >= 4 is 5.91 Å². The maximum atomic E-state index is 13.6. The average molecular weight is 409 g/mol. The first-order valence-corrected chi connectivity index (χ1v) is 10.6. The summed E-state index contributed by atoms with van der Waals surface area (Å²) in [6.45, 7) is 11.2. The molecule has 2 unspecified atom stereocenters. The number of carbonyl (C=O) groups is 1. The van der Waals surface area contributed by atoms with E-state index in [0.29, 0.717) is 24.4 Å². The predicted molar refractivity (Wildman–Crippen MR) is 108 cm³/mol. The van der Waals surface area contributed by atoms with Crippen LogP contribution in [0, 0.1) is 28.1 Å². The van der Waals surface area contributed by atoms with Gasteiger partial charge in [-0.2, -0.15) is 10.5 Å². The zero-order valence-electron chi connectivity index (χ0n) is 17.9. The van der Waals surface area contributed by atoms with Gasteiger partial charge in [0.15, 0.2) is 11.4 Å². The monoisotopic (exact) mass is 408 g/mol. The van der Waals surface area contributed by atoms with Crippen molar-refractivity contribution in [3.05, 3.63) is 22.8 Å². The van der Waals surface area contributed by atoms with Gasteiger partial charge < -0.3 is 10.1 Å². The molecule has 2 fully saturated rings. The Morgan fingerprint density at radius 1 is 1.10 bits per heavy atom. The molecular weight excluding hydrogens is 380 g/mol. The summed E-state index contributed by atoms with van der Waals surface area (Å²) in [5, 5.41) is 22.0. The Morgan fingerprint density at radius 2 is 1.73 bits per heavy atom. The van der Waals surface area contributed by atoms with Gasteiger partial charge in [-0.05, 0) is 31.2 Å². The second-order valence-corrected chi connectivity index (χ2v) is 9.27. The summed E-state index contributed by atoms with van der Waals surface area (Å²) < 4.78 is 5.38. The summed E-state index contributed by atoms with van der Waals surface area (Å²) in [7, 11) is 0. The number of nitrogens with zero attached hydrogens (tertiary/aromatic N) is 5. The largest absolute Gasteiger partial charge is 0.379 e. The Bertz CT molecular complexity index is 956. The minimum Gasteiger partial charge on any atom is -0.379 e. The number of nitriles is 2. The lowest BCUT2D eigenvalue weighted by Crippen LogP contribution is -2.51. The predicted octanol–water partition coefficient (Wildman–Crippen LogP) is 1.39. The molecule has 8 heteroatoms. The van der Waals surface area contributed by atoms with E-state index in [1.54, 1.807) is 0 Å². The van der Waals surface area contributed by atoms with Crippen molar-refractivity contribution in [1.29, 1.82) is 10.5 Å². The fraction of sp³-hybridized carbons (Fsp3) is 0.682. The van der Waals surface area contributed by atoms with Crippen molar-refractivity contribution in [1.82, 2.24) is 20.2 Å². The fourth-order valence-corrected chi connectivity index (χ4v) is 5.62. The number of rotatable bonds is 5. The molecule has 1 saturated carbocycles. The Kier molecular flexibility index (Phi) is 5.04. The van der Waals surface area contributed by atoms with Gasteiger partial charge in [0, 0.05) is 25.0 Å². The van der Waals surface area contributed by atoms with Crippen LogP contribution in [0.3, 0.4) is 0 Å². The summed E-state index contributed by atoms with van der Waals surface area (Å²) in [6.07, 6.45) is 2.35. The molecular formula is C22H28N6O2. The lowest BCUT2D eigenvalue weighted by Gasteiger charge is -2.39. The second kappa shape index (κ2) is 7.30. The van der Waals surface area contributed by atoms with E-state index in [-0.39, 0.29) is 22.7 Å². The van der Waals surface area contributed by atoms with Crippen LogP contribution < -0.4 is 5.32 Å². The molecule has 2 heterocycles. The molecule has 158 valence electrons. The summed E-state index contributed by atoms with van der Waals surface area (Å²) in [6, 6.07) is 3.96. The maximum absolute atomic E-state index is 13.6. The highest BCUT2D eigenvalue weighted by atomic mass is 16.5. The minimum absolute atomic E-state index is 0.00249. The van der Waals surface area contributed by atoms with Crippen LogP contribution in [0.5, 0.6) is 0 Å². The van der Waals surface area contributed by atoms with Crippen molar-refractivity contribution in [3.8, 4) is 12.1 Å². The van der Waals surface area contributed by atoms with E-state index in [2.05, 4.69) is 41.0 Å². The SMILES string of the molecule is CC12CCC(C(=O)NCCCN3CCOCC3)(c3nc(C#N)c(C#N)nc31)C2(C)C. The standard InChI is InChI=1S/C22H28N6O2/c1-20(2)21(3)5-6-22(20,18-17(21)26-15(13-23)16(14-24)27-18)19(29)25-7-4-8-28-9-11-30-12-10-28/h4-12H2,1-3H3,(H,25,29). The third-order valence-electron chi connectivity index (χ3n) is 7.91. The van der Waals surface area contributed by atoms with E-state index in [1.165, 1.54) is 0 Å². The molecule has 1 N–H and O–H groups in total. The zero-order valence-corrected chi connectivity index (χ0v) is 17.9. The van der Waals surface area contributed by atoms with Gasteiger partial charge in [0.1, 0.15) is 12.1 Å². The van der Waals surface area contributed by atoms with E-state index < -0.39 is 10.8 Å². The van der Waals surface area contributed by atoms with Gasteiger partial charge in [0.05, 0.1) is 30.0 Å². The quantitative estimate of drug-likeness (QED) is 0.732. The Labute approximate surface area is 177 Å². The third-order valence-corrected chi connectivity index (χ3v) is 7.91. The van der Waals surface area contributed by atoms with Crippen LogP contribution in [0.25, 0.3) is 0 Å². The van der Waals surface area contributed by atoms with Crippen LogP contribution in [0.2, 0.25) is 0 Å². The molecule has 2 bridgehead atoms. The van der Waals surface area contributed by atoms with Crippen LogP contribution in [0.15, 0.2) is 0 Å². The molecule has 2 aliphatic carbocycles. The molecule has 0 aromatic carbocycles. The highest BCUT2D eigenvalue weighted by Crippen LogP contribution is 2.70. The molecule has 8 nitrogen and oxygen atoms in total. The molecule has 1 saturated heterocycles. The second-order valence-electron chi connectivity index (χ2n) is 9.27. The topological polar surface area (TPSA) is 115 Å². The van der Waals surface area contributed by atoms with Crippen LogP contribution in [0.1, 0.15) is 62.8 Å². The summed E-state index contributed by atoms with van der Waals surface area (Å²) >= 11 is 0. The number of hydrogen-bond donors (Lipinski definition) is 1. The van der Waals surface area contributed by atoms with Crippen molar-refractivity contribution in [3.63, 3.8) is 0 Å². The molecule has 1 amide bonds. The number of morpholine rings is 1. The van der Waals surface area contributed by atoms with Crippen LogP contribution >= 0.6 is 0 Å². The number of aromatic nitrogens is 2. The molecule has 30 heavy (non-hydrogen) atoms. The van der Waals surface area contributed by atoms with Crippen LogP contribution in [-0.2, 0) is 20.4 Å². The zero-order chi connectivity index (χ0) is 21.6. The van der Waals surface area contributed by atoms with Gasteiger partial charge in [-0.1, -0.05) is 20.8 Å². The first-order valence-electron chi connectivity index (χ1n) is 10.6. The molecule has 0 radical (unpaired) electrons. The number of carbonyl (C=O) groups excluding carboxylic acids is 1. The van der Waals surface area contributed by atoms with E-state index in [1.807, 2.05) is 12.1 Å². The lowest BCUT2D eigenvalue weighted by atomic mass is 9.63. The smallest absolute Gasteiger partial charge is 0.232 e. The number of amides is 1. The van der Waals surface area contributed by atoms with Crippen molar-refractivity contribution < 1.29 is 9.53 Å². The van der Waals surface area contributed by atoms with E-state index >= 15 is 0 Å². The van der Waals surface area contributed by atoms with Crippen LogP contribution in [-0.4, -0.2) is 60.2 Å². The highest BCUT2D eigenvalue weighted by molar-refractivity contribution is 5.92. The number of nitrogens with one attached hydrogen (secondary N) is 1. The van der Waals surface area contributed by atoms with Crippen molar-refractivity contribution in [2.24, 2.45) is 5.41 Å². The molecule has 0 spiro atoms. The number of hydrogen-bond acceptors (Lipinski definition) is 7. The molecule has 1 aromatic heterocycles. The number of ether oxygens (including phenoxy) is 1. The maximum Gasteiger partial charge on any atom is 0.232 e. The molecule has 1 aromatic rings. The molecule has 1 aliphatic heterocycles. The fourth-order valence-electron chi connectivity index (χ4n) is 5.62. The van der Waals surface area contributed by atoms with Crippen molar-refractivity contribution in [2.45, 2.75) is 50.9 Å². The van der Waals surface area contributed by atoms with E-state index in [0.717, 1.165) is 45.7 Å². The molecule has 3 aliphatic rings. The van der Waals surface area contributed by atoms with Crippen molar-refractivity contribution in [2.75, 3.05) is 39.4 Å². The van der Waals surface area contributed by atoms with Gasteiger partial charge in [-0.3, -0.25) is 9.69 Å². The average Bonchev–Trinajstić information content (AvgIpc) is 3.05. The molecule has 2 atom stereocenters. The summed E-state index contributed by atoms with van der Waals surface area (Å²) in [5.74, 6) is -0.0418. The third kappa shape index (κ3) is 2.67. The van der Waals surface area contributed by atoms with Crippen LogP contribution in [0.4, 0.5) is 0 Å². The van der Waals surface area contributed by atoms with Gasteiger partial charge >= 0.3 is 0 Å². The Hall–Kier alpha value is -2.55. The first kappa shape index (κ1) is 20.7.